The fourth-order valence-electron chi connectivity index (χ4n) is 0.237. The molecule has 4 N–H and O–H groups in total. The van der Waals surface area contributed by atoms with Crippen LogP contribution in [0.1, 0.15) is 0 Å². The Kier molecular flexibility index (Phi) is 3.50. The van der Waals surface area contributed by atoms with Crippen molar-refractivity contribution in [3.8, 4) is 24.7 Å². The van der Waals surface area contributed by atoms with Crippen molar-refractivity contribution in [2.45, 2.75) is 12.5 Å². The first-order valence-corrected chi connectivity index (χ1v) is 2.29. The van der Waals surface area contributed by atoms with Crippen LogP contribution in [-0.2, 0) is 4.74 Å². The van der Waals surface area contributed by atoms with Crippen LogP contribution in [-0.4, -0.2) is 12.5 Å². The first-order chi connectivity index (χ1) is 4.20. The van der Waals surface area contributed by atoms with Gasteiger partial charge in [0, 0.05) is 0 Å². The lowest BCUT2D eigenvalue weighted by atomic mass is 10.5. The first-order valence-electron chi connectivity index (χ1n) is 2.29. The van der Waals surface area contributed by atoms with Gasteiger partial charge in [0.1, 0.15) is 0 Å². The summed E-state index contributed by atoms with van der Waals surface area (Å²) in [6, 6.07) is 0. The summed E-state index contributed by atoms with van der Waals surface area (Å²) in [5.41, 5.74) is 10.2. The molecule has 2 unspecified atom stereocenters. The van der Waals surface area contributed by atoms with Gasteiger partial charge in [0.25, 0.3) is 0 Å². The fraction of sp³-hybridized carbons (Fsp3) is 0.333. The van der Waals surface area contributed by atoms with Crippen molar-refractivity contribution in [1.82, 2.24) is 0 Å². The summed E-state index contributed by atoms with van der Waals surface area (Å²) in [7, 11) is 0. The largest absolute Gasteiger partial charge is 0.323 e. The monoisotopic (exact) mass is 124 g/mol. The van der Waals surface area contributed by atoms with Gasteiger partial charge >= 0.3 is 0 Å². The molecule has 0 aliphatic carbocycles. The lowest BCUT2D eigenvalue weighted by molar-refractivity contribution is 0.0604. The van der Waals surface area contributed by atoms with Crippen molar-refractivity contribution in [3.63, 3.8) is 0 Å². The summed E-state index contributed by atoms with van der Waals surface area (Å²) in [6.07, 6.45) is 8.08. The van der Waals surface area contributed by atoms with Crippen LogP contribution in [0.25, 0.3) is 0 Å². The lowest BCUT2D eigenvalue weighted by Gasteiger charge is -2.07. The molecule has 0 aromatic heterocycles. The highest BCUT2D eigenvalue weighted by atomic mass is 16.5. The van der Waals surface area contributed by atoms with Crippen molar-refractivity contribution < 1.29 is 4.74 Å². The minimum absolute atomic E-state index is 0.809. The second-order valence-electron chi connectivity index (χ2n) is 1.31. The highest BCUT2D eigenvalue weighted by Gasteiger charge is 2.00. The van der Waals surface area contributed by atoms with Crippen LogP contribution in [0.4, 0.5) is 0 Å². The van der Waals surface area contributed by atoms with E-state index in [0.29, 0.717) is 0 Å². The smallest absolute Gasteiger partial charge is 0.171 e. The summed E-state index contributed by atoms with van der Waals surface area (Å²) in [4.78, 5) is 0. The Labute approximate surface area is 54.4 Å². The molecule has 0 aliphatic rings. The molecule has 0 fully saturated rings. The Morgan fingerprint density at radius 3 is 1.67 bits per heavy atom. The minimum atomic E-state index is -0.809. The van der Waals surface area contributed by atoms with E-state index in [1.807, 2.05) is 0 Å². The maximum atomic E-state index is 5.12. The van der Waals surface area contributed by atoms with Crippen LogP contribution in [0, 0.1) is 24.7 Å². The normalized spacial score (nSPS) is 15.1. The van der Waals surface area contributed by atoms with E-state index in [0.717, 1.165) is 0 Å². The van der Waals surface area contributed by atoms with E-state index in [1.165, 1.54) is 0 Å². The molecule has 3 heteroatoms. The Hall–Kier alpha value is -1.00. The third-order valence-corrected chi connectivity index (χ3v) is 0.622. The Bertz CT molecular complexity index is 135. The van der Waals surface area contributed by atoms with Gasteiger partial charge in [-0.15, -0.1) is 12.8 Å². The van der Waals surface area contributed by atoms with Gasteiger partial charge in [-0.25, -0.2) is 0 Å². The zero-order valence-electron chi connectivity index (χ0n) is 4.87. The molecule has 0 aliphatic heterocycles. The summed E-state index contributed by atoms with van der Waals surface area (Å²) >= 11 is 0. The topological polar surface area (TPSA) is 61.3 Å². The standard InChI is InChI=1S/C6H8N2O/c1-3-5(7)9-6(8)4-2/h1-2,5-6H,7-8H2. The van der Waals surface area contributed by atoms with E-state index in [1.54, 1.807) is 0 Å². The third-order valence-electron chi connectivity index (χ3n) is 0.622. The second kappa shape index (κ2) is 3.94. The molecule has 0 heterocycles. The van der Waals surface area contributed by atoms with Gasteiger partial charge in [-0.2, -0.15) is 0 Å². The highest BCUT2D eigenvalue weighted by Crippen LogP contribution is 1.82. The Morgan fingerprint density at radius 1 is 1.11 bits per heavy atom. The van der Waals surface area contributed by atoms with Gasteiger partial charge in [-0.1, -0.05) is 11.8 Å². The Balaban J connectivity index is 3.53. The number of hydrogen-bond donors (Lipinski definition) is 2. The lowest BCUT2D eigenvalue weighted by Crippen LogP contribution is -2.32. The molecular formula is C6H8N2O. The van der Waals surface area contributed by atoms with E-state index in [-0.39, 0.29) is 0 Å². The number of rotatable bonds is 2. The number of ether oxygens (including phenoxy) is 1. The van der Waals surface area contributed by atoms with Gasteiger partial charge in [-0.3, -0.25) is 11.5 Å². The SMILES string of the molecule is C#CC(N)OC(N)C#C. The van der Waals surface area contributed by atoms with Crippen LogP contribution in [0.3, 0.4) is 0 Å². The van der Waals surface area contributed by atoms with Gasteiger partial charge < -0.3 is 4.74 Å². The van der Waals surface area contributed by atoms with Crippen molar-refractivity contribution in [1.29, 1.82) is 0 Å². The molecule has 0 rings (SSSR count). The predicted octanol–water partition coefficient (Wildman–Crippen LogP) is -1.16. The van der Waals surface area contributed by atoms with Crippen LogP contribution in [0.5, 0.6) is 0 Å². The Morgan fingerprint density at radius 2 is 1.44 bits per heavy atom. The average Bonchev–Trinajstić information content (AvgIpc) is 1.87. The predicted molar refractivity (Wildman–Crippen MR) is 34.7 cm³/mol. The quantitative estimate of drug-likeness (QED) is 0.360. The molecule has 0 aromatic rings. The number of hydrogen-bond acceptors (Lipinski definition) is 3. The van der Waals surface area contributed by atoms with Gasteiger partial charge in [-0.05, 0) is 0 Å². The van der Waals surface area contributed by atoms with Crippen molar-refractivity contribution in [2.75, 3.05) is 0 Å². The molecule has 0 spiro atoms. The molecule has 9 heavy (non-hydrogen) atoms. The molecule has 0 saturated heterocycles. The van der Waals surface area contributed by atoms with Crippen LogP contribution >= 0.6 is 0 Å². The third kappa shape index (κ3) is 3.57. The molecule has 0 bridgehead atoms. The van der Waals surface area contributed by atoms with E-state index in [9.17, 15) is 0 Å². The molecule has 0 saturated carbocycles. The van der Waals surface area contributed by atoms with Crippen LogP contribution in [0.2, 0.25) is 0 Å². The van der Waals surface area contributed by atoms with Crippen LogP contribution < -0.4 is 11.5 Å². The zero-order chi connectivity index (χ0) is 7.28. The van der Waals surface area contributed by atoms with E-state index in [2.05, 4.69) is 16.6 Å². The minimum Gasteiger partial charge on any atom is -0.323 e. The van der Waals surface area contributed by atoms with Gasteiger partial charge in [0.05, 0.1) is 0 Å². The summed E-state index contributed by atoms with van der Waals surface area (Å²) in [6.45, 7) is 0. The molecule has 0 amide bonds. The van der Waals surface area contributed by atoms with Crippen molar-refractivity contribution >= 4 is 0 Å². The maximum Gasteiger partial charge on any atom is 0.171 e. The molecule has 0 radical (unpaired) electrons. The van der Waals surface area contributed by atoms with Crippen molar-refractivity contribution in [2.24, 2.45) is 11.5 Å². The number of terminal acetylenes is 2. The van der Waals surface area contributed by atoms with E-state index in [4.69, 9.17) is 24.3 Å². The second-order valence-corrected chi connectivity index (χ2v) is 1.31. The van der Waals surface area contributed by atoms with E-state index >= 15 is 0 Å². The molecule has 2 atom stereocenters. The molecular weight excluding hydrogens is 116 g/mol. The zero-order valence-corrected chi connectivity index (χ0v) is 4.87. The fourth-order valence-corrected chi connectivity index (χ4v) is 0.237. The van der Waals surface area contributed by atoms with Gasteiger partial charge in [0.2, 0.25) is 0 Å². The highest BCUT2D eigenvalue weighted by molar-refractivity contribution is 4.96. The van der Waals surface area contributed by atoms with Crippen molar-refractivity contribution in [3.05, 3.63) is 0 Å². The summed E-state index contributed by atoms with van der Waals surface area (Å²) in [5, 5.41) is 0. The summed E-state index contributed by atoms with van der Waals surface area (Å²) in [5.74, 6) is 4.22. The number of nitrogens with two attached hydrogens (primary N) is 2. The van der Waals surface area contributed by atoms with Crippen LogP contribution in [0.15, 0.2) is 0 Å². The molecule has 0 aromatic carbocycles. The van der Waals surface area contributed by atoms with E-state index < -0.39 is 12.5 Å². The van der Waals surface area contributed by atoms with Gasteiger partial charge in [0.15, 0.2) is 12.5 Å². The first kappa shape index (κ1) is 8.00. The maximum absolute atomic E-state index is 5.12. The molecule has 48 valence electrons. The summed E-state index contributed by atoms with van der Waals surface area (Å²) < 4.78 is 4.63. The average molecular weight is 124 g/mol. The molecule has 3 nitrogen and oxygen atoms in total.